The van der Waals surface area contributed by atoms with Crippen molar-refractivity contribution in [3.05, 3.63) is 85.8 Å². The third kappa shape index (κ3) is 7.20. The lowest BCUT2D eigenvalue weighted by Gasteiger charge is -2.14. The quantitative estimate of drug-likeness (QED) is 0.200. The van der Waals surface area contributed by atoms with E-state index in [2.05, 4.69) is 31.8 Å². The Morgan fingerprint density at radius 1 is 1.06 bits per heavy atom. The summed E-state index contributed by atoms with van der Waals surface area (Å²) in [5.74, 6) is -1.70. The zero-order chi connectivity index (χ0) is 26.2. The normalized spacial score (nSPS) is 10.7. The van der Waals surface area contributed by atoms with Crippen LogP contribution >= 0.6 is 39.1 Å². The third-order valence-corrected chi connectivity index (χ3v) is 5.83. The van der Waals surface area contributed by atoms with Gasteiger partial charge in [-0.25, -0.2) is 5.43 Å². The molecule has 0 radical (unpaired) electrons. The number of nitrogens with zero attached hydrogens (tertiary/aromatic N) is 1. The number of hydrogen-bond donors (Lipinski definition) is 3. The molecule has 12 heteroatoms. The number of ether oxygens (including phenoxy) is 2. The van der Waals surface area contributed by atoms with Gasteiger partial charge >= 0.3 is 11.8 Å². The SMILES string of the molecule is COc1cc(C=NNC(=O)C(=O)Nc2ccc(C(N)=O)cc2)cc(Br)c1OCc1ccc(Cl)cc1Cl. The van der Waals surface area contributed by atoms with E-state index in [4.69, 9.17) is 38.4 Å². The van der Waals surface area contributed by atoms with Crippen molar-refractivity contribution in [2.75, 3.05) is 12.4 Å². The number of carbonyl (C=O) groups is 3. The van der Waals surface area contributed by atoms with Crippen LogP contribution in [0.15, 0.2) is 64.2 Å². The number of halogens is 3. The van der Waals surface area contributed by atoms with Crippen LogP contribution in [0, 0.1) is 0 Å². The van der Waals surface area contributed by atoms with Gasteiger partial charge in [-0.1, -0.05) is 29.3 Å². The fourth-order valence-electron chi connectivity index (χ4n) is 2.86. The van der Waals surface area contributed by atoms with Crippen molar-refractivity contribution in [1.29, 1.82) is 0 Å². The van der Waals surface area contributed by atoms with E-state index < -0.39 is 17.7 Å². The average molecular weight is 594 g/mol. The molecule has 0 aliphatic carbocycles. The summed E-state index contributed by atoms with van der Waals surface area (Å²) < 4.78 is 11.9. The lowest BCUT2D eigenvalue weighted by Crippen LogP contribution is -2.32. The Labute approximate surface area is 224 Å². The van der Waals surface area contributed by atoms with Gasteiger partial charge in [0.25, 0.3) is 0 Å². The maximum absolute atomic E-state index is 12.1. The molecule has 3 amide bonds. The molecule has 3 aromatic carbocycles. The minimum atomic E-state index is -0.990. The van der Waals surface area contributed by atoms with Gasteiger partial charge < -0.3 is 20.5 Å². The van der Waals surface area contributed by atoms with Crippen molar-refractivity contribution in [2.45, 2.75) is 6.61 Å². The number of amides is 3. The molecular formula is C24H19BrCl2N4O5. The van der Waals surface area contributed by atoms with Gasteiger partial charge in [0.05, 0.1) is 17.8 Å². The Kier molecular flexibility index (Phi) is 9.29. The Morgan fingerprint density at radius 3 is 2.42 bits per heavy atom. The summed E-state index contributed by atoms with van der Waals surface area (Å²) in [6.07, 6.45) is 1.33. The molecule has 0 atom stereocenters. The monoisotopic (exact) mass is 592 g/mol. The first-order valence-corrected chi connectivity index (χ1v) is 11.7. The lowest BCUT2D eigenvalue weighted by molar-refractivity contribution is -0.136. The van der Waals surface area contributed by atoms with Crippen LogP contribution in [-0.2, 0) is 16.2 Å². The predicted molar refractivity (Wildman–Crippen MR) is 141 cm³/mol. The molecule has 36 heavy (non-hydrogen) atoms. The summed E-state index contributed by atoms with van der Waals surface area (Å²) in [6.45, 7) is 0.175. The molecule has 3 aromatic rings. The van der Waals surface area contributed by atoms with Crippen LogP contribution in [0.5, 0.6) is 11.5 Å². The molecule has 0 heterocycles. The summed E-state index contributed by atoms with van der Waals surface area (Å²) in [4.78, 5) is 35.2. The second-order valence-electron chi connectivity index (χ2n) is 7.15. The standard InChI is InChI=1S/C24H19BrCl2N4O5/c1-35-20-9-13(8-18(25)21(20)36-12-15-2-5-16(26)10-19(15)27)11-29-31-24(34)23(33)30-17-6-3-14(4-7-17)22(28)32/h2-11H,12H2,1H3,(H2,28,32)(H,30,33)(H,31,34). The minimum absolute atomic E-state index is 0.175. The zero-order valence-corrected chi connectivity index (χ0v) is 21.8. The number of rotatable bonds is 8. The van der Waals surface area contributed by atoms with Gasteiger partial charge in [0.15, 0.2) is 11.5 Å². The summed E-state index contributed by atoms with van der Waals surface area (Å²) >= 11 is 15.6. The first-order chi connectivity index (χ1) is 17.2. The van der Waals surface area contributed by atoms with Crippen LogP contribution in [0.2, 0.25) is 10.0 Å². The fraction of sp³-hybridized carbons (Fsp3) is 0.0833. The molecule has 186 valence electrons. The van der Waals surface area contributed by atoms with E-state index in [1.54, 1.807) is 30.3 Å². The molecule has 9 nitrogen and oxygen atoms in total. The highest BCUT2D eigenvalue weighted by atomic mass is 79.9. The fourth-order valence-corrected chi connectivity index (χ4v) is 3.90. The first kappa shape index (κ1) is 27.0. The highest BCUT2D eigenvalue weighted by molar-refractivity contribution is 9.10. The Hall–Kier alpha value is -3.60. The third-order valence-electron chi connectivity index (χ3n) is 4.65. The molecule has 0 bridgehead atoms. The van der Waals surface area contributed by atoms with E-state index in [0.717, 1.165) is 5.56 Å². The van der Waals surface area contributed by atoms with Crippen LogP contribution in [0.4, 0.5) is 5.69 Å². The topological polar surface area (TPSA) is 132 Å². The maximum atomic E-state index is 12.1. The van der Waals surface area contributed by atoms with Gasteiger partial charge in [-0.2, -0.15) is 5.10 Å². The van der Waals surface area contributed by atoms with Crippen molar-refractivity contribution >= 4 is 68.8 Å². The van der Waals surface area contributed by atoms with Crippen LogP contribution in [0.3, 0.4) is 0 Å². The van der Waals surface area contributed by atoms with E-state index >= 15 is 0 Å². The molecule has 0 aromatic heterocycles. The molecule has 0 spiro atoms. The number of benzene rings is 3. The number of hydrogen-bond acceptors (Lipinski definition) is 6. The Balaban J connectivity index is 1.61. The smallest absolute Gasteiger partial charge is 0.329 e. The van der Waals surface area contributed by atoms with Gasteiger partial charge in [0.1, 0.15) is 6.61 Å². The van der Waals surface area contributed by atoms with Gasteiger partial charge in [-0.15, -0.1) is 0 Å². The van der Waals surface area contributed by atoms with E-state index in [0.29, 0.717) is 37.3 Å². The number of carbonyl (C=O) groups excluding carboxylic acids is 3. The summed E-state index contributed by atoms with van der Waals surface area (Å²) in [6, 6.07) is 14.2. The molecule has 0 unspecified atom stereocenters. The maximum Gasteiger partial charge on any atom is 0.329 e. The van der Waals surface area contributed by atoms with Crippen molar-refractivity contribution in [3.63, 3.8) is 0 Å². The molecule has 0 saturated heterocycles. The summed E-state index contributed by atoms with van der Waals surface area (Å²) in [7, 11) is 1.48. The summed E-state index contributed by atoms with van der Waals surface area (Å²) in [5, 5.41) is 7.19. The molecule has 0 aliphatic rings. The van der Waals surface area contributed by atoms with Crippen molar-refractivity contribution < 1.29 is 23.9 Å². The molecule has 0 aliphatic heterocycles. The number of nitrogens with one attached hydrogen (secondary N) is 2. The van der Waals surface area contributed by atoms with E-state index in [-0.39, 0.29) is 12.2 Å². The van der Waals surface area contributed by atoms with Crippen LogP contribution < -0.4 is 25.9 Å². The molecule has 4 N–H and O–H groups in total. The Bertz CT molecular complexity index is 1330. The molecule has 0 fully saturated rings. The van der Waals surface area contributed by atoms with Crippen molar-refractivity contribution in [1.82, 2.24) is 5.43 Å². The largest absolute Gasteiger partial charge is 0.493 e. The zero-order valence-electron chi connectivity index (χ0n) is 18.7. The van der Waals surface area contributed by atoms with Crippen molar-refractivity contribution in [3.8, 4) is 11.5 Å². The highest BCUT2D eigenvalue weighted by Crippen LogP contribution is 2.37. The van der Waals surface area contributed by atoms with Crippen LogP contribution in [-0.4, -0.2) is 31.0 Å². The number of nitrogens with two attached hydrogens (primary N) is 1. The Morgan fingerprint density at radius 2 is 1.78 bits per heavy atom. The second kappa shape index (κ2) is 12.4. The number of primary amides is 1. The van der Waals surface area contributed by atoms with E-state index in [9.17, 15) is 14.4 Å². The van der Waals surface area contributed by atoms with E-state index in [1.165, 1.54) is 37.6 Å². The predicted octanol–water partition coefficient (Wildman–Crippen LogP) is 4.53. The van der Waals surface area contributed by atoms with Crippen LogP contribution in [0.1, 0.15) is 21.5 Å². The molecular weight excluding hydrogens is 575 g/mol. The summed E-state index contributed by atoms with van der Waals surface area (Å²) in [5.41, 5.74) is 9.19. The van der Waals surface area contributed by atoms with Gasteiger partial charge in [-0.3, -0.25) is 14.4 Å². The highest BCUT2D eigenvalue weighted by Gasteiger charge is 2.15. The van der Waals surface area contributed by atoms with Gasteiger partial charge in [0.2, 0.25) is 5.91 Å². The van der Waals surface area contributed by atoms with Crippen LogP contribution in [0.25, 0.3) is 0 Å². The van der Waals surface area contributed by atoms with Crippen molar-refractivity contribution in [2.24, 2.45) is 10.8 Å². The first-order valence-electron chi connectivity index (χ1n) is 10.2. The number of anilines is 1. The molecule has 3 rings (SSSR count). The number of hydrazone groups is 1. The van der Waals surface area contributed by atoms with E-state index in [1.807, 2.05) is 0 Å². The average Bonchev–Trinajstić information content (AvgIpc) is 2.84. The second-order valence-corrected chi connectivity index (χ2v) is 8.85. The number of methoxy groups -OCH3 is 1. The minimum Gasteiger partial charge on any atom is -0.493 e. The van der Waals surface area contributed by atoms with Gasteiger partial charge in [0, 0.05) is 26.9 Å². The van der Waals surface area contributed by atoms with Gasteiger partial charge in [-0.05, 0) is 70.0 Å². The lowest BCUT2D eigenvalue weighted by atomic mass is 10.2. The molecule has 0 saturated carbocycles.